The van der Waals surface area contributed by atoms with Gasteiger partial charge in [0.2, 0.25) is 0 Å². The van der Waals surface area contributed by atoms with Gasteiger partial charge in [0.1, 0.15) is 16.3 Å². The summed E-state index contributed by atoms with van der Waals surface area (Å²) in [6, 6.07) is 0. The van der Waals surface area contributed by atoms with Gasteiger partial charge >= 0.3 is 5.97 Å². The van der Waals surface area contributed by atoms with E-state index in [1.807, 2.05) is 0 Å². The van der Waals surface area contributed by atoms with Gasteiger partial charge in [-0.25, -0.2) is 8.78 Å². The van der Waals surface area contributed by atoms with Crippen LogP contribution < -0.4 is 0 Å². The number of carbonyl (C=O) groups excluding carboxylic acids is 1. The summed E-state index contributed by atoms with van der Waals surface area (Å²) in [5.41, 5.74) is 1.30. The molecule has 0 unspecified atom stereocenters. The average Bonchev–Trinajstić information content (AvgIpc) is 3.06. The first-order valence-corrected chi connectivity index (χ1v) is 9.36. The molecule has 0 atom stereocenters. The van der Waals surface area contributed by atoms with Gasteiger partial charge in [-0.15, -0.1) is 23.5 Å². The van der Waals surface area contributed by atoms with Crippen LogP contribution in [0.25, 0.3) is 0 Å². The predicted octanol–water partition coefficient (Wildman–Crippen LogP) is 3.35. The molecule has 2 heterocycles. The molecule has 8 heteroatoms. The number of nitrogens with zero attached hydrogens (tertiary/aromatic N) is 2. The van der Waals surface area contributed by atoms with Crippen molar-refractivity contribution in [2.24, 2.45) is 0 Å². The van der Waals surface area contributed by atoms with Crippen LogP contribution in [-0.2, 0) is 26.6 Å². The zero-order chi connectivity index (χ0) is 15.7. The minimum Gasteiger partial charge on any atom is -0.465 e. The van der Waals surface area contributed by atoms with E-state index in [0.29, 0.717) is 12.0 Å². The molecular formula is C14H18F2N2O2S2. The van der Waals surface area contributed by atoms with Gasteiger partial charge in [0.25, 0.3) is 6.43 Å². The number of hydrogen-bond acceptors (Lipinski definition) is 5. The van der Waals surface area contributed by atoms with Crippen LogP contribution in [0, 0.1) is 0 Å². The van der Waals surface area contributed by atoms with E-state index in [9.17, 15) is 13.6 Å². The molecule has 22 heavy (non-hydrogen) atoms. The molecule has 1 saturated heterocycles. The number of rotatable bonds is 4. The topological polar surface area (TPSA) is 44.1 Å². The molecule has 1 aliphatic heterocycles. The van der Waals surface area contributed by atoms with Gasteiger partial charge in [-0.2, -0.15) is 5.10 Å². The van der Waals surface area contributed by atoms with Crippen molar-refractivity contribution < 1.29 is 18.3 Å². The molecule has 1 aromatic rings. The third-order valence-corrected chi connectivity index (χ3v) is 7.43. The van der Waals surface area contributed by atoms with Crippen molar-refractivity contribution in [3.63, 3.8) is 0 Å². The Balaban J connectivity index is 2.04. The highest BCUT2D eigenvalue weighted by atomic mass is 32.2. The molecular weight excluding hydrogens is 330 g/mol. The van der Waals surface area contributed by atoms with Crippen LogP contribution >= 0.6 is 23.5 Å². The van der Waals surface area contributed by atoms with Crippen molar-refractivity contribution in [3.8, 4) is 0 Å². The number of hydrogen-bond donors (Lipinski definition) is 0. The van der Waals surface area contributed by atoms with E-state index in [0.717, 1.165) is 30.0 Å². The normalized spacial score (nSPS) is 19.6. The fourth-order valence-electron chi connectivity index (χ4n) is 3.16. The first-order chi connectivity index (χ1) is 10.6. The van der Waals surface area contributed by atoms with Crippen LogP contribution in [-0.4, -0.2) is 33.9 Å². The SMILES string of the molecule is CCOC(=O)Cn1nc(C(F)F)c2c1C1(CCC2)SCCS1. The first kappa shape index (κ1) is 16.1. The molecule has 4 nitrogen and oxygen atoms in total. The number of aromatic nitrogens is 2. The van der Waals surface area contributed by atoms with E-state index in [1.165, 1.54) is 4.68 Å². The molecule has 0 saturated carbocycles. The molecule has 1 fully saturated rings. The summed E-state index contributed by atoms with van der Waals surface area (Å²) in [7, 11) is 0. The highest BCUT2D eigenvalue weighted by Gasteiger charge is 2.46. The zero-order valence-electron chi connectivity index (χ0n) is 12.3. The maximum absolute atomic E-state index is 13.3. The second-order valence-electron chi connectivity index (χ2n) is 5.28. The summed E-state index contributed by atoms with van der Waals surface area (Å²) in [5, 5.41) is 4.07. The van der Waals surface area contributed by atoms with Gasteiger partial charge in [0.15, 0.2) is 0 Å². The summed E-state index contributed by atoms with van der Waals surface area (Å²) in [6.45, 7) is 1.91. The minimum absolute atomic E-state index is 0.0915. The van der Waals surface area contributed by atoms with E-state index in [-0.39, 0.29) is 22.9 Å². The molecule has 1 spiro atoms. The van der Waals surface area contributed by atoms with Crippen molar-refractivity contribution in [1.82, 2.24) is 9.78 Å². The second kappa shape index (κ2) is 6.39. The number of halogens is 2. The van der Waals surface area contributed by atoms with Crippen molar-refractivity contribution in [1.29, 1.82) is 0 Å². The molecule has 0 aromatic carbocycles. The van der Waals surface area contributed by atoms with Crippen LogP contribution in [0.2, 0.25) is 0 Å². The van der Waals surface area contributed by atoms with Crippen LogP contribution in [0.3, 0.4) is 0 Å². The second-order valence-corrected chi connectivity index (χ2v) is 8.33. The lowest BCUT2D eigenvalue weighted by Crippen LogP contribution is -2.27. The lowest BCUT2D eigenvalue weighted by atomic mass is 9.94. The Morgan fingerprint density at radius 3 is 2.82 bits per heavy atom. The lowest BCUT2D eigenvalue weighted by molar-refractivity contribution is -0.144. The molecule has 1 aliphatic carbocycles. The van der Waals surface area contributed by atoms with Gasteiger partial charge in [-0.3, -0.25) is 9.48 Å². The molecule has 122 valence electrons. The smallest absolute Gasteiger partial charge is 0.327 e. The number of alkyl halides is 2. The van der Waals surface area contributed by atoms with E-state index in [2.05, 4.69) is 5.10 Å². The average molecular weight is 348 g/mol. The Labute approximate surface area is 136 Å². The Bertz CT molecular complexity index is 571. The Morgan fingerprint density at radius 1 is 1.45 bits per heavy atom. The fraction of sp³-hybridized carbons (Fsp3) is 0.714. The maximum atomic E-state index is 13.3. The molecule has 1 aromatic heterocycles. The van der Waals surface area contributed by atoms with Gasteiger partial charge < -0.3 is 4.74 Å². The Kier molecular flexibility index (Phi) is 4.68. The van der Waals surface area contributed by atoms with E-state index in [1.54, 1.807) is 30.4 Å². The highest BCUT2D eigenvalue weighted by molar-refractivity contribution is 8.20. The zero-order valence-corrected chi connectivity index (χ0v) is 13.9. The van der Waals surface area contributed by atoms with Crippen LogP contribution in [0.5, 0.6) is 0 Å². The fourth-order valence-corrected chi connectivity index (χ4v) is 6.63. The third-order valence-electron chi connectivity index (χ3n) is 3.92. The predicted molar refractivity (Wildman–Crippen MR) is 83.3 cm³/mol. The van der Waals surface area contributed by atoms with Crippen LogP contribution in [0.15, 0.2) is 0 Å². The number of fused-ring (bicyclic) bond motifs is 2. The van der Waals surface area contributed by atoms with Gasteiger partial charge in [0.05, 0.1) is 12.3 Å². The molecule has 2 aliphatic rings. The van der Waals surface area contributed by atoms with E-state index in [4.69, 9.17) is 4.74 Å². The number of carbonyl (C=O) groups is 1. The van der Waals surface area contributed by atoms with Crippen molar-refractivity contribution in [2.75, 3.05) is 18.1 Å². The Hall–Kier alpha value is -0.760. The highest BCUT2D eigenvalue weighted by Crippen LogP contribution is 2.58. The third kappa shape index (κ3) is 2.75. The molecule has 0 N–H and O–H groups in total. The Morgan fingerprint density at radius 2 is 2.18 bits per heavy atom. The molecule has 0 bridgehead atoms. The first-order valence-electron chi connectivity index (χ1n) is 7.39. The number of ether oxygens (including phenoxy) is 1. The monoisotopic (exact) mass is 348 g/mol. The molecule has 3 rings (SSSR count). The van der Waals surface area contributed by atoms with Crippen molar-refractivity contribution in [2.45, 2.75) is 43.2 Å². The van der Waals surface area contributed by atoms with Crippen LogP contribution in [0.1, 0.15) is 43.1 Å². The summed E-state index contributed by atoms with van der Waals surface area (Å²) < 4.78 is 32.9. The van der Waals surface area contributed by atoms with E-state index >= 15 is 0 Å². The van der Waals surface area contributed by atoms with E-state index < -0.39 is 12.4 Å². The largest absolute Gasteiger partial charge is 0.465 e. The lowest BCUT2D eigenvalue weighted by Gasteiger charge is -2.33. The standard InChI is InChI=1S/C14H18F2N2O2S2/c1-2-20-10(19)8-18-12-9(11(17-18)13(15)16)4-3-5-14(12)21-6-7-22-14/h13H,2-8H2,1H3. The van der Waals surface area contributed by atoms with Gasteiger partial charge in [-0.05, 0) is 26.2 Å². The molecule has 0 amide bonds. The summed E-state index contributed by atoms with van der Waals surface area (Å²) in [5.74, 6) is 1.57. The number of esters is 1. The summed E-state index contributed by atoms with van der Waals surface area (Å²) in [4.78, 5) is 11.8. The molecule has 0 radical (unpaired) electrons. The quantitative estimate of drug-likeness (QED) is 0.781. The van der Waals surface area contributed by atoms with Crippen LogP contribution in [0.4, 0.5) is 8.78 Å². The number of thioether (sulfide) groups is 2. The van der Waals surface area contributed by atoms with Crippen molar-refractivity contribution >= 4 is 29.5 Å². The van der Waals surface area contributed by atoms with Gasteiger partial charge in [-0.1, -0.05) is 0 Å². The summed E-state index contributed by atoms with van der Waals surface area (Å²) >= 11 is 3.59. The minimum atomic E-state index is -2.61. The van der Waals surface area contributed by atoms with Crippen molar-refractivity contribution in [3.05, 3.63) is 17.0 Å². The summed E-state index contributed by atoms with van der Waals surface area (Å²) in [6.07, 6.45) is -0.172. The maximum Gasteiger partial charge on any atom is 0.327 e. The van der Waals surface area contributed by atoms with Gasteiger partial charge in [0, 0.05) is 17.1 Å².